The second-order valence-electron chi connectivity index (χ2n) is 4.58. The molecule has 1 unspecified atom stereocenters. The maximum Gasteiger partial charge on any atom is 0.411 e. The van der Waals surface area contributed by atoms with Gasteiger partial charge in [-0.1, -0.05) is 33.1 Å². The summed E-state index contributed by atoms with van der Waals surface area (Å²) in [6, 6.07) is -0.665. The number of hydrogen-bond acceptors (Lipinski definition) is 4. The van der Waals surface area contributed by atoms with Crippen LogP contribution >= 0.6 is 0 Å². The molecule has 0 N–H and O–H groups in total. The van der Waals surface area contributed by atoms with Gasteiger partial charge in [-0.2, -0.15) is 0 Å². The minimum Gasteiger partial charge on any atom is -0.464 e. The minimum absolute atomic E-state index is 0.0717. The molecule has 1 atom stereocenters. The molecule has 0 fully saturated rings. The molecule has 0 bridgehead atoms. The Morgan fingerprint density at radius 1 is 1.32 bits per heavy atom. The van der Waals surface area contributed by atoms with Gasteiger partial charge in [-0.05, 0) is 12.3 Å². The van der Waals surface area contributed by atoms with Crippen molar-refractivity contribution in [2.24, 2.45) is 5.92 Å². The number of likely N-dealkylation sites (N-methyl/N-ethyl adjacent to an activating group) is 1. The number of ether oxygens (including phenoxy) is 2. The number of terminal acetylenes is 1. The highest BCUT2D eigenvalue weighted by Gasteiger charge is 2.31. The quantitative estimate of drug-likeness (QED) is 0.403. The van der Waals surface area contributed by atoms with Crippen molar-refractivity contribution in [2.75, 3.05) is 20.3 Å². The van der Waals surface area contributed by atoms with Crippen LogP contribution in [0.2, 0.25) is 0 Å². The fourth-order valence-electron chi connectivity index (χ4n) is 1.60. The largest absolute Gasteiger partial charge is 0.464 e. The summed E-state index contributed by atoms with van der Waals surface area (Å²) in [5.41, 5.74) is 0. The Hall–Kier alpha value is -1.70. The molecule has 0 radical (unpaired) electrons. The summed E-state index contributed by atoms with van der Waals surface area (Å²) in [5, 5.41) is 0. The molecule has 0 heterocycles. The predicted octanol–water partition coefficient (Wildman–Crippen LogP) is 2.06. The molecule has 0 saturated carbocycles. The first-order valence-electron chi connectivity index (χ1n) is 6.45. The zero-order valence-electron chi connectivity index (χ0n) is 12.1. The molecule has 0 saturated heterocycles. The molecule has 0 rings (SSSR count). The maximum atomic E-state index is 12.0. The predicted molar refractivity (Wildman–Crippen MR) is 72.4 cm³/mol. The molecule has 0 aromatic carbocycles. The molecule has 1 amide bonds. The Labute approximate surface area is 115 Å². The first-order chi connectivity index (χ1) is 8.95. The topological polar surface area (TPSA) is 55.8 Å². The van der Waals surface area contributed by atoms with Gasteiger partial charge in [-0.3, -0.25) is 4.90 Å². The molecule has 19 heavy (non-hydrogen) atoms. The van der Waals surface area contributed by atoms with E-state index in [9.17, 15) is 9.59 Å². The van der Waals surface area contributed by atoms with Crippen LogP contribution in [0, 0.1) is 18.3 Å². The zero-order valence-corrected chi connectivity index (χ0v) is 12.1. The first kappa shape index (κ1) is 17.3. The van der Waals surface area contributed by atoms with Gasteiger partial charge in [0.25, 0.3) is 0 Å². The van der Waals surface area contributed by atoms with Gasteiger partial charge in [-0.15, -0.1) is 6.42 Å². The molecule has 5 nitrogen and oxygen atoms in total. The van der Waals surface area contributed by atoms with Crippen LogP contribution in [-0.4, -0.2) is 43.3 Å². The van der Waals surface area contributed by atoms with Crippen LogP contribution in [0.4, 0.5) is 4.79 Å². The van der Waals surface area contributed by atoms with Gasteiger partial charge >= 0.3 is 12.1 Å². The molecular formula is C14H23NO4. The Bertz CT molecular complexity index is 333. The number of carbonyl (C=O) groups is 2. The van der Waals surface area contributed by atoms with Gasteiger partial charge in [0.15, 0.2) is 6.61 Å². The number of hydrogen-bond donors (Lipinski definition) is 0. The van der Waals surface area contributed by atoms with Gasteiger partial charge in [0.1, 0.15) is 6.04 Å². The molecule has 0 aromatic rings. The summed E-state index contributed by atoms with van der Waals surface area (Å²) < 4.78 is 9.96. The summed E-state index contributed by atoms with van der Waals surface area (Å²) in [4.78, 5) is 24.9. The molecule has 0 aliphatic heterocycles. The van der Waals surface area contributed by atoms with Crippen molar-refractivity contribution >= 4 is 12.1 Å². The molecule has 0 aliphatic rings. The van der Waals surface area contributed by atoms with Crippen molar-refractivity contribution in [2.45, 2.75) is 39.7 Å². The lowest BCUT2D eigenvalue weighted by Crippen LogP contribution is -2.46. The normalized spacial score (nSPS) is 11.6. The van der Waals surface area contributed by atoms with Crippen LogP contribution in [-0.2, 0) is 14.3 Å². The fraction of sp³-hybridized carbons (Fsp3) is 0.714. The van der Waals surface area contributed by atoms with E-state index in [0.29, 0.717) is 6.61 Å². The number of nitrogens with zero attached hydrogens (tertiary/aromatic N) is 1. The SMILES string of the molecule is C#CCOC(=O)N(C)C(C(=O)OCCCC)C(C)C. The van der Waals surface area contributed by atoms with Crippen molar-refractivity contribution in [1.82, 2.24) is 4.90 Å². The number of esters is 1. The Kier molecular flexibility index (Phi) is 8.43. The number of carbonyl (C=O) groups excluding carboxylic acids is 2. The Balaban J connectivity index is 4.58. The van der Waals surface area contributed by atoms with E-state index in [1.165, 1.54) is 11.9 Å². The van der Waals surface area contributed by atoms with Crippen molar-refractivity contribution < 1.29 is 19.1 Å². The lowest BCUT2D eigenvalue weighted by Gasteiger charge is -2.28. The van der Waals surface area contributed by atoms with Crippen molar-refractivity contribution in [3.05, 3.63) is 0 Å². The van der Waals surface area contributed by atoms with Gasteiger partial charge in [0.2, 0.25) is 0 Å². The average molecular weight is 269 g/mol. The lowest BCUT2D eigenvalue weighted by molar-refractivity contribution is -0.150. The first-order valence-corrected chi connectivity index (χ1v) is 6.45. The maximum absolute atomic E-state index is 12.0. The smallest absolute Gasteiger partial charge is 0.411 e. The standard InChI is InChI=1S/C14H23NO4/c1-6-8-10-18-13(16)12(11(3)4)15(5)14(17)19-9-7-2/h2,11-12H,6,8-10H2,1,3-5H3. The van der Waals surface area contributed by atoms with E-state index in [4.69, 9.17) is 15.9 Å². The lowest BCUT2D eigenvalue weighted by atomic mass is 10.0. The van der Waals surface area contributed by atoms with E-state index < -0.39 is 18.1 Å². The highest BCUT2D eigenvalue weighted by Crippen LogP contribution is 2.12. The van der Waals surface area contributed by atoms with Gasteiger partial charge in [0.05, 0.1) is 6.61 Å². The molecule has 0 spiro atoms. The highest BCUT2D eigenvalue weighted by molar-refractivity contribution is 5.81. The van der Waals surface area contributed by atoms with E-state index in [2.05, 4.69) is 5.92 Å². The third-order valence-corrected chi connectivity index (χ3v) is 2.60. The van der Waals surface area contributed by atoms with Crippen molar-refractivity contribution in [3.63, 3.8) is 0 Å². The van der Waals surface area contributed by atoms with Crippen LogP contribution in [0.15, 0.2) is 0 Å². The van der Waals surface area contributed by atoms with Crippen LogP contribution in [0.25, 0.3) is 0 Å². The molecule has 0 aromatic heterocycles. The molecule has 0 aliphatic carbocycles. The summed E-state index contributed by atoms with van der Waals surface area (Å²) >= 11 is 0. The van der Waals surface area contributed by atoms with Crippen LogP contribution in [0.1, 0.15) is 33.6 Å². The van der Waals surface area contributed by atoms with E-state index in [0.717, 1.165) is 12.8 Å². The summed E-state index contributed by atoms with van der Waals surface area (Å²) in [6.45, 7) is 5.95. The van der Waals surface area contributed by atoms with Gasteiger partial charge in [-0.25, -0.2) is 9.59 Å². The Morgan fingerprint density at radius 2 is 1.95 bits per heavy atom. The zero-order chi connectivity index (χ0) is 14.8. The second-order valence-corrected chi connectivity index (χ2v) is 4.58. The summed E-state index contributed by atoms with van der Waals surface area (Å²) in [5.74, 6) is 1.72. The number of rotatable bonds is 7. The van der Waals surface area contributed by atoms with Gasteiger partial charge in [0, 0.05) is 7.05 Å². The van der Waals surface area contributed by atoms with Gasteiger partial charge < -0.3 is 9.47 Å². The molecule has 108 valence electrons. The fourth-order valence-corrected chi connectivity index (χ4v) is 1.60. The van der Waals surface area contributed by atoms with Crippen LogP contribution < -0.4 is 0 Å². The third kappa shape index (κ3) is 6.14. The van der Waals surface area contributed by atoms with E-state index in [1.807, 2.05) is 20.8 Å². The average Bonchev–Trinajstić information content (AvgIpc) is 2.35. The number of unbranched alkanes of at least 4 members (excludes halogenated alkanes) is 1. The van der Waals surface area contributed by atoms with Crippen LogP contribution in [0.5, 0.6) is 0 Å². The van der Waals surface area contributed by atoms with Crippen LogP contribution in [0.3, 0.4) is 0 Å². The monoisotopic (exact) mass is 269 g/mol. The summed E-state index contributed by atoms with van der Waals surface area (Å²) in [6.07, 6.45) is 6.15. The minimum atomic E-state index is -0.665. The second kappa shape index (κ2) is 9.26. The number of amides is 1. The highest BCUT2D eigenvalue weighted by atomic mass is 16.6. The van der Waals surface area contributed by atoms with E-state index in [-0.39, 0.29) is 12.5 Å². The third-order valence-electron chi connectivity index (χ3n) is 2.60. The van der Waals surface area contributed by atoms with Crippen molar-refractivity contribution in [3.8, 4) is 12.3 Å². The van der Waals surface area contributed by atoms with E-state index in [1.54, 1.807) is 0 Å². The summed E-state index contributed by atoms with van der Waals surface area (Å²) in [7, 11) is 1.50. The Morgan fingerprint density at radius 3 is 2.42 bits per heavy atom. The van der Waals surface area contributed by atoms with Crippen molar-refractivity contribution in [1.29, 1.82) is 0 Å². The van der Waals surface area contributed by atoms with E-state index >= 15 is 0 Å². The molecule has 5 heteroatoms. The molecular weight excluding hydrogens is 246 g/mol.